The molecular formula is C20H22N8S2. The van der Waals surface area contributed by atoms with Crippen LogP contribution in [0.2, 0.25) is 0 Å². The highest BCUT2D eigenvalue weighted by molar-refractivity contribution is 7.15. The molecule has 0 aromatic carbocycles. The number of nitrogens with zero attached hydrogens (tertiary/aromatic N) is 6. The first kappa shape index (κ1) is 20.3. The standard InChI is InChI=1S/C20H22N8S2/c1(9-17-25-27-19(29-17)23-13-15-7-3-5-11-21-15)2-10-18-26-28-20(30-18)24-14-16-8-4-6-12-22-16/h3-8,11-12H,1-2,9-10,13-14H2,(H,23,27)(H,24,28). The number of nitrogens with one attached hydrogen (secondary N) is 2. The van der Waals surface area contributed by atoms with Gasteiger partial charge in [-0.3, -0.25) is 9.97 Å². The highest BCUT2D eigenvalue weighted by Crippen LogP contribution is 2.20. The molecule has 0 spiro atoms. The third-order valence-corrected chi connectivity index (χ3v) is 6.14. The van der Waals surface area contributed by atoms with Crippen LogP contribution in [0.3, 0.4) is 0 Å². The van der Waals surface area contributed by atoms with E-state index in [0.29, 0.717) is 13.1 Å². The molecule has 0 aliphatic heterocycles. The molecule has 0 fully saturated rings. The molecule has 30 heavy (non-hydrogen) atoms. The van der Waals surface area contributed by atoms with Gasteiger partial charge in [-0.05, 0) is 37.1 Å². The lowest BCUT2D eigenvalue weighted by Gasteiger charge is -2.00. The lowest BCUT2D eigenvalue weighted by Crippen LogP contribution is -2.00. The minimum atomic E-state index is 0.656. The molecule has 4 aromatic heterocycles. The largest absolute Gasteiger partial charge is 0.354 e. The Labute approximate surface area is 182 Å². The molecule has 154 valence electrons. The van der Waals surface area contributed by atoms with E-state index in [1.807, 2.05) is 36.4 Å². The summed E-state index contributed by atoms with van der Waals surface area (Å²) < 4.78 is 0. The van der Waals surface area contributed by atoms with Gasteiger partial charge in [0.05, 0.1) is 24.5 Å². The predicted octanol–water partition coefficient (Wildman–Crippen LogP) is 3.97. The van der Waals surface area contributed by atoms with Crippen molar-refractivity contribution in [3.05, 3.63) is 70.2 Å². The molecule has 4 aromatic rings. The minimum Gasteiger partial charge on any atom is -0.354 e. The van der Waals surface area contributed by atoms with Crippen molar-refractivity contribution in [1.29, 1.82) is 0 Å². The predicted molar refractivity (Wildman–Crippen MR) is 120 cm³/mol. The van der Waals surface area contributed by atoms with E-state index in [-0.39, 0.29) is 0 Å². The van der Waals surface area contributed by atoms with Gasteiger partial charge in [0.15, 0.2) is 0 Å². The van der Waals surface area contributed by atoms with Crippen LogP contribution in [-0.2, 0) is 25.9 Å². The van der Waals surface area contributed by atoms with E-state index in [1.54, 1.807) is 35.1 Å². The molecule has 8 nitrogen and oxygen atoms in total. The second kappa shape index (κ2) is 10.7. The molecule has 0 bridgehead atoms. The second-order valence-corrected chi connectivity index (χ2v) is 8.68. The number of hydrogen-bond donors (Lipinski definition) is 2. The first-order chi connectivity index (χ1) is 14.8. The molecule has 0 unspecified atom stereocenters. The quantitative estimate of drug-likeness (QED) is 0.339. The van der Waals surface area contributed by atoms with Crippen molar-refractivity contribution in [3.63, 3.8) is 0 Å². The van der Waals surface area contributed by atoms with Gasteiger partial charge in [-0.1, -0.05) is 34.8 Å². The summed E-state index contributed by atoms with van der Waals surface area (Å²) in [5.74, 6) is 0. The Kier molecular flexibility index (Phi) is 7.24. The molecule has 0 aliphatic rings. The lowest BCUT2D eigenvalue weighted by atomic mass is 10.2. The van der Waals surface area contributed by atoms with Gasteiger partial charge in [0, 0.05) is 25.2 Å². The van der Waals surface area contributed by atoms with Gasteiger partial charge in [0.1, 0.15) is 10.0 Å². The summed E-state index contributed by atoms with van der Waals surface area (Å²) >= 11 is 3.21. The fourth-order valence-electron chi connectivity index (χ4n) is 2.74. The van der Waals surface area contributed by atoms with Gasteiger partial charge in [0.2, 0.25) is 10.3 Å². The van der Waals surface area contributed by atoms with E-state index in [9.17, 15) is 0 Å². The van der Waals surface area contributed by atoms with Crippen LogP contribution in [0, 0.1) is 0 Å². The third kappa shape index (κ3) is 6.26. The third-order valence-electron chi connectivity index (χ3n) is 4.26. The van der Waals surface area contributed by atoms with Crippen molar-refractivity contribution >= 4 is 32.9 Å². The molecule has 0 aliphatic carbocycles. The number of aromatic nitrogens is 6. The zero-order valence-electron chi connectivity index (χ0n) is 16.4. The van der Waals surface area contributed by atoms with Crippen molar-refractivity contribution < 1.29 is 0 Å². The molecule has 10 heteroatoms. The summed E-state index contributed by atoms with van der Waals surface area (Å²) in [7, 11) is 0. The van der Waals surface area contributed by atoms with Crippen LogP contribution in [0.25, 0.3) is 0 Å². The van der Waals surface area contributed by atoms with Crippen molar-refractivity contribution in [1.82, 2.24) is 30.4 Å². The zero-order valence-corrected chi connectivity index (χ0v) is 18.0. The van der Waals surface area contributed by atoms with Gasteiger partial charge in [-0.15, -0.1) is 20.4 Å². The Balaban J connectivity index is 1.14. The molecule has 0 saturated carbocycles. The van der Waals surface area contributed by atoms with Crippen LogP contribution in [0.1, 0.15) is 34.2 Å². The number of unbranched alkanes of at least 4 members (excludes halogenated alkanes) is 1. The summed E-state index contributed by atoms with van der Waals surface area (Å²) in [6.07, 6.45) is 7.52. The Bertz CT molecular complexity index is 936. The summed E-state index contributed by atoms with van der Waals surface area (Å²) in [5, 5.41) is 27.3. The summed E-state index contributed by atoms with van der Waals surface area (Å²) in [5.41, 5.74) is 1.97. The molecule has 0 saturated heterocycles. The highest BCUT2D eigenvalue weighted by atomic mass is 32.1. The topological polar surface area (TPSA) is 101 Å². The molecule has 0 atom stereocenters. The maximum absolute atomic E-state index is 4.30. The van der Waals surface area contributed by atoms with Gasteiger partial charge in [-0.25, -0.2) is 0 Å². The second-order valence-electron chi connectivity index (χ2n) is 6.56. The number of pyridine rings is 2. The van der Waals surface area contributed by atoms with Crippen molar-refractivity contribution in [2.24, 2.45) is 0 Å². The monoisotopic (exact) mass is 438 g/mol. The maximum Gasteiger partial charge on any atom is 0.205 e. The number of anilines is 2. The average Bonchev–Trinajstić information content (AvgIpc) is 3.45. The van der Waals surface area contributed by atoms with E-state index in [1.165, 1.54) is 0 Å². The Morgan fingerprint density at radius 3 is 1.57 bits per heavy atom. The summed E-state index contributed by atoms with van der Waals surface area (Å²) in [4.78, 5) is 8.59. The molecule has 4 rings (SSSR count). The SMILES string of the molecule is c1ccc(CNc2nnc(CCCCc3nnc(NCc4ccccn4)s3)s2)nc1. The normalized spacial score (nSPS) is 10.8. The molecule has 4 heterocycles. The van der Waals surface area contributed by atoms with Crippen molar-refractivity contribution in [2.45, 2.75) is 38.8 Å². The number of rotatable bonds is 11. The van der Waals surface area contributed by atoms with Gasteiger partial charge >= 0.3 is 0 Å². The molecule has 0 radical (unpaired) electrons. The van der Waals surface area contributed by atoms with Crippen LogP contribution in [0.4, 0.5) is 10.3 Å². The van der Waals surface area contributed by atoms with Crippen LogP contribution in [0.15, 0.2) is 48.8 Å². The van der Waals surface area contributed by atoms with Gasteiger partial charge in [-0.2, -0.15) is 0 Å². The Morgan fingerprint density at radius 1 is 0.633 bits per heavy atom. The minimum absolute atomic E-state index is 0.656. The molecule has 0 amide bonds. The molecular weight excluding hydrogens is 416 g/mol. The van der Waals surface area contributed by atoms with Crippen molar-refractivity contribution in [2.75, 3.05) is 10.6 Å². The van der Waals surface area contributed by atoms with Crippen LogP contribution in [0.5, 0.6) is 0 Å². The van der Waals surface area contributed by atoms with Crippen LogP contribution < -0.4 is 10.6 Å². The van der Waals surface area contributed by atoms with E-state index < -0.39 is 0 Å². The van der Waals surface area contributed by atoms with Crippen LogP contribution in [-0.4, -0.2) is 30.4 Å². The van der Waals surface area contributed by atoms with Gasteiger partial charge < -0.3 is 10.6 Å². The maximum atomic E-state index is 4.30. The smallest absolute Gasteiger partial charge is 0.205 e. The van der Waals surface area contributed by atoms with Crippen molar-refractivity contribution in [3.8, 4) is 0 Å². The Hall–Kier alpha value is -2.98. The summed E-state index contributed by atoms with van der Waals surface area (Å²) in [6.45, 7) is 1.31. The van der Waals surface area contributed by atoms with Gasteiger partial charge in [0.25, 0.3) is 0 Å². The summed E-state index contributed by atoms with van der Waals surface area (Å²) in [6, 6.07) is 11.8. The fraction of sp³-hybridized carbons (Fsp3) is 0.300. The van der Waals surface area contributed by atoms with E-state index in [4.69, 9.17) is 0 Å². The molecule has 2 N–H and O–H groups in total. The number of aryl methyl sites for hydroxylation is 2. The highest BCUT2D eigenvalue weighted by Gasteiger charge is 2.07. The Morgan fingerprint density at radius 2 is 1.13 bits per heavy atom. The van der Waals surface area contributed by atoms with E-state index in [0.717, 1.165) is 57.3 Å². The van der Waals surface area contributed by atoms with E-state index in [2.05, 4.69) is 41.0 Å². The number of hydrogen-bond acceptors (Lipinski definition) is 10. The zero-order chi connectivity index (χ0) is 20.4. The van der Waals surface area contributed by atoms with E-state index >= 15 is 0 Å². The lowest BCUT2D eigenvalue weighted by molar-refractivity contribution is 0.718. The van der Waals surface area contributed by atoms with Crippen LogP contribution >= 0.6 is 22.7 Å². The average molecular weight is 439 g/mol. The first-order valence-corrected chi connectivity index (χ1v) is 11.4. The fourth-order valence-corrected chi connectivity index (χ4v) is 4.30. The first-order valence-electron chi connectivity index (χ1n) is 9.77.